The van der Waals surface area contributed by atoms with E-state index in [9.17, 15) is 0 Å². The van der Waals surface area contributed by atoms with Gasteiger partial charge in [0.2, 0.25) is 0 Å². The number of nitrogens with zero attached hydrogens (tertiary/aromatic N) is 1. The van der Waals surface area contributed by atoms with E-state index in [4.69, 9.17) is 4.99 Å². The molecule has 1 nitrogen and oxygen atoms in total. The summed E-state index contributed by atoms with van der Waals surface area (Å²) in [7, 11) is 0. The van der Waals surface area contributed by atoms with Gasteiger partial charge < -0.3 is 0 Å². The van der Waals surface area contributed by atoms with Gasteiger partial charge in [-0.3, -0.25) is 4.99 Å². The zero-order valence-corrected chi connectivity index (χ0v) is 10.7. The first-order valence-corrected chi connectivity index (χ1v) is 6.81. The van der Waals surface area contributed by atoms with Crippen LogP contribution in [0.2, 0.25) is 0 Å². The van der Waals surface area contributed by atoms with Crippen LogP contribution in [0.4, 0.5) is 0 Å². The molecule has 0 saturated heterocycles. The zero-order chi connectivity index (χ0) is 12.2. The molecule has 0 aromatic heterocycles. The van der Waals surface area contributed by atoms with Crippen molar-refractivity contribution < 1.29 is 0 Å². The summed E-state index contributed by atoms with van der Waals surface area (Å²) >= 11 is 0. The third kappa shape index (κ3) is 1.14. The van der Waals surface area contributed by atoms with Gasteiger partial charge in [0.1, 0.15) is 0 Å². The average molecular weight is 235 g/mol. The molecule has 1 atom stereocenters. The summed E-state index contributed by atoms with van der Waals surface area (Å²) in [6.45, 7) is 3.26. The minimum absolute atomic E-state index is 0.147. The smallest absolute Gasteiger partial charge is 0.0436 e. The lowest BCUT2D eigenvalue weighted by molar-refractivity contribution is 0.547. The molecule has 0 radical (unpaired) electrons. The van der Waals surface area contributed by atoms with Gasteiger partial charge in [-0.15, -0.1) is 0 Å². The Morgan fingerprint density at radius 2 is 2.11 bits per heavy atom. The van der Waals surface area contributed by atoms with Crippen LogP contribution in [0.5, 0.6) is 0 Å². The van der Waals surface area contributed by atoms with Crippen LogP contribution >= 0.6 is 0 Å². The first-order valence-electron chi connectivity index (χ1n) is 6.81. The van der Waals surface area contributed by atoms with Gasteiger partial charge in [-0.25, -0.2) is 0 Å². The van der Waals surface area contributed by atoms with Gasteiger partial charge in [-0.05, 0) is 36.5 Å². The molecule has 2 bridgehead atoms. The molecule has 1 aliphatic heterocycles. The number of hydrogen-bond acceptors (Lipinski definition) is 1. The second-order valence-corrected chi connectivity index (χ2v) is 5.65. The van der Waals surface area contributed by atoms with E-state index in [0.29, 0.717) is 0 Å². The fourth-order valence-electron chi connectivity index (χ4n) is 3.95. The van der Waals surface area contributed by atoms with E-state index in [1.807, 2.05) is 0 Å². The SMILES string of the molecule is CC1=C2C3=NCCC2(C=CC1)c1ccccc1C3. The lowest BCUT2D eigenvalue weighted by Crippen LogP contribution is -2.42. The largest absolute Gasteiger partial charge is 0.289 e. The molecule has 2 aliphatic carbocycles. The van der Waals surface area contributed by atoms with Crippen molar-refractivity contribution in [3.63, 3.8) is 0 Å². The lowest BCUT2D eigenvalue weighted by atomic mass is 9.60. The molecule has 4 rings (SSSR count). The molecule has 3 aliphatic rings. The van der Waals surface area contributed by atoms with Crippen LogP contribution in [-0.2, 0) is 11.8 Å². The second kappa shape index (κ2) is 3.44. The highest BCUT2D eigenvalue weighted by Crippen LogP contribution is 2.49. The van der Waals surface area contributed by atoms with Crippen molar-refractivity contribution in [3.8, 4) is 0 Å². The summed E-state index contributed by atoms with van der Waals surface area (Å²) in [5.41, 5.74) is 7.55. The molecule has 1 heterocycles. The summed E-state index contributed by atoms with van der Waals surface area (Å²) in [5, 5.41) is 0. The number of allylic oxidation sites excluding steroid dienone is 4. The van der Waals surface area contributed by atoms with E-state index in [1.54, 1.807) is 0 Å². The summed E-state index contributed by atoms with van der Waals surface area (Å²) in [4.78, 5) is 4.80. The average Bonchev–Trinajstić information content (AvgIpc) is 2.39. The predicted molar refractivity (Wildman–Crippen MR) is 75.2 cm³/mol. The standard InChI is InChI=1S/C17H17N/c1-12-5-4-8-17-9-10-18-15(16(12)17)11-13-6-2-3-7-14(13)17/h2-4,6-8H,5,9-11H2,1H3. The van der Waals surface area contributed by atoms with Crippen molar-refractivity contribution in [1.29, 1.82) is 0 Å². The zero-order valence-electron chi connectivity index (χ0n) is 10.7. The second-order valence-electron chi connectivity index (χ2n) is 5.65. The Morgan fingerprint density at radius 3 is 3.06 bits per heavy atom. The van der Waals surface area contributed by atoms with E-state index < -0.39 is 0 Å². The molecule has 0 fully saturated rings. The molecular weight excluding hydrogens is 218 g/mol. The van der Waals surface area contributed by atoms with Gasteiger partial charge >= 0.3 is 0 Å². The monoisotopic (exact) mass is 235 g/mol. The Hall–Kier alpha value is -1.63. The molecule has 1 aromatic carbocycles. The Labute approximate surface area is 108 Å². The third-order valence-corrected chi connectivity index (χ3v) is 4.65. The number of benzene rings is 1. The molecule has 1 heteroatoms. The van der Waals surface area contributed by atoms with Crippen LogP contribution in [0.1, 0.15) is 30.9 Å². The van der Waals surface area contributed by atoms with Crippen LogP contribution in [0, 0.1) is 0 Å². The maximum absolute atomic E-state index is 4.80. The number of hydrogen-bond donors (Lipinski definition) is 0. The van der Waals surface area contributed by atoms with Crippen molar-refractivity contribution >= 4 is 5.71 Å². The highest BCUT2D eigenvalue weighted by atomic mass is 14.8. The molecule has 0 saturated carbocycles. The number of fused-ring (bicyclic) bond motifs is 1. The maximum Gasteiger partial charge on any atom is 0.0436 e. The molecule has 18 heavy (non-hydrogen) atoms. The molecular formula is C17H17N. The molecule has 1 aromatic rings. The highest BCUT2D eigenvalue weighted by molar-refractivity contribution is 6.07. The summed E-state index contributed by atoms with van der Waals surface area (Å²) in [5.74, 6) is 0. The van der Waals surface area contributed by atoms with Crippen molar-refractivity contribution in [2.24, 2.45) is 4.99 Å². The maximum atomic E-state index is 4.80. The quantitative estimate of drug-likeness (QED) is 0.609. The Kier molecular flexibility index (Phi) is 1.97. The number of aliphatic imine (C=N–C) groups is 1. The minimum Gasteiger partial charge on any atom is -0.289 e. The van der Waals surface area contributed by atoms with Gasteiger partial charge in [0, 0.05) is 24.1 Å². The Bertz CT molecular complexity index is 618. The van der Waals surface area contributed by atoms with Crippen LogP contribution in [-0.4, -0.2) is 12.3 Å². The van der Waals surface area contributed by atoms with E-state index in [1.165, 1.54) is 28.0 Å². The van der Waals surface area contributed by atoms with Crippen LogP contribution < -0.4 is 0 Å². The van der Waals surface area contributed by atoms with E-state index in [2.05, 4.69) is 43.3 Å². The molecule has 0 spiro atoms. The minimum atomic E-state index is 0.147. The molecule has 0 N–H and O–H groups in total. The fraction of sp³-hybridized carbons (Fsp3) is 0.353. The van der Waals surface area contributed by atoms with Gasteiger partial charge in [-0.2, -0.15) is 0 Å². The fourth-order valence-corrected chi connectivity index (χ4v) is 3.95. The van der Waals surface area contributed by atoms with Crippen LogP contribution in [0.15, 0.2) is 52.6 Å². The Balaban J connectivity index is 2.09. The highest BCUT2D eigenvalue weighted by Gasteiger charge is 2.44. The van der Waals surface area contributed by atoms with Gasteiger partial charge in [0.15, 0.2) is 0 Å². The first-order chi connectivity index (χ1) is 8.81. The van der Waals surface area contributed by atoms with E-state index in [-0.39, 0.29) is 5.41 Å². The van der Waals surface area contributed by atoms with Gasteiger partial charge in [0.05, 0.1) is 0 Å². The summed E-state index contributed by atoms with van der Waals surface area (Å²) < 4.78 is 0. The number of rotatable bonds is 0. The predicted octanol–water partition coefficient (Wildman–Crippen LogP) is 3.60. The van der Waals surface area contributed by atoms with Crippen molar-refractivity contribution in [2.45, 2.75) is 31.6 Å². The van der Waals surface area contributed by atoms with Gasteiger partial charge in [0.25, 0.3) is 0 Å². The Morgan fingerprint density at radius 1 is 1.22 bits per heavy atom. The van der Waals surface area contributed by atoms with Crippen molar-refractivity contribution in [3.05, 3.63) is 58.7 Å². The topological polar surface area (TPSA) is 12.4 Å². The summed E-state index contributed by atoms with van der Waals surface area (Å²) in [6.07, 6.45) is 8.05. The normalized spacial score (nSPS) is 28.6. The lowest BCUT2D eigenvalue weighted by Gasteiger charge is -2.45. The van der Waals surface area contributed by atoms with Crippen molar-refractivity contribution in [2.75, 3.05) is 6.54 Å². The molecule has 1 unspecified atom stereocenters. The van der Waals surface area contributed by atoms with E-state index >= 15 is 0 Å². The molecule has 0 amide bonds. The third-order valence-electron chi connectivity index (χ3n) is 4.65. The van der Waals surface area contributed by atoms with Gasteiger partial charge in [-0.1, -0.05) is 42.0 Å². The van der Waals surface area contributed by atoms with Crippen LogP contribution in [0.25, 0.3) is 0 Å². The van der Waals surface area contributed by atoms with Crippen molar-refractivity contribution in [1.82, 2.24) is 0 Å². The van der Waals surface area contributed by atoms with E-state index in [0.717, 1.165) is 25.8 Å². The molecule has 90 valence electrons. The summed E-state index contributed by atoms with van der Waals surface area (Å²) in [6, 6.07) is 8.92. The first kappa shape index (κ1) is 10.3. The van der Waals surface area contributed by atoms with Crippen LogP contribution in [0.3, 0.4) is 0 Å².